The number of benzene rings is 1. The molecule has 0 unspecified atom stereocenters. The van der Waals surface area contributed by atoms with Crippen LogP contribution in [0.3, 0.4) is 0 Å². The molecule has 0 saturated carbocycles. The van der Waals surface area contributed by atoms with Crippen molar-refractivity contribution in [3.63, 3.8) is 0 Å². The van der Waals surface area contributed by atoms with E-state index in [1.807, 2.05) is 0 Å². The first-order valence-electron chi connectivity index (χ1n) is 7.22. The Labute approximate surface area is 139 Å². The highest BCUT2D eigenvalue weighted by atomic mass is 19.1. The second-order valence-electron chi connectivity index (χ2n) is 5.20. The smallest absolute Gasteiger partial charge is 0.355 e. The average Bonchev–Trinajstić information content (AvgIpc) is 2.75. The number of ether oxygens (including phenoxy) is 2. The van der Waals surface area contributed by atoms with Crippen molar-refractivity contribution in [2.24, 2.45) is 0 Å². The third-order valence-electron chi connectivity index (χ3n) is 3.59. The Morgan fingerprint density at radius 3 is 2.12 bits per heavy atom. The first kappa shape index (κ1) is 17.5. The van der Waals surface area contributed by atoms with Crippen LogP contribution in [0.15, 0.2) is 47.8 Å². The molecule has 0 aliphatic carbocycles. The van der Waals surface area contributed by atoms with Crippen molar-refractivity contribution in [3.8, 4) is 0 Å². The normalized spacial score (nSPS) is 13.8. The Morgan fingerprint density at radius 1 is 1.00 bits per heavy atom. The summed E-state index contributed by atoms with van der Waals surface area (Å²) in [4.78, 5) is 26.0. The molecule has 0 radical (unpaired) electrons. The van der Waals surface area contributed by atoms with Crippen LogP contribution in [-0.4, -0.2) is 26.2 Å². The number of halogens is 1. The van der Waals surface area contributed by atoms with Crippen LogP contribution in [-0.2, 0) is 19.1 Å². The summed E-state index contributed by atoms with van der Waals surface area (Å²) in [5, 5.41) is 0. The van der Waals surface area contributed by atoms with Crippen molar-refractivity contribution in [2.45, 2.75) is 13.8 Å². The quantitative estimate of drug-likeness (QED) is 0.797. The molecule has 6 heteroatoms. The van der Waals surface area contributed by atoms with E-state index in [4.69, 9.17) is 9.47 Å². The molecule has 1 aliphatic heterocycles. The van der Waals surface area contributed by atoms with E-state index in [0.29, 0.717) is 16.8 Å². The number of rotatable bonds is 3. The number of hydrogen-bond donors (Lipinski definition) is 0. The number of methoxy groups -OCH3 is 2. The summed E-state index contributed by atoms with van der Waals surface area (Å²) < 4.78 is 23.2. The van der Waals surface area contributed by atoms with E-state index in [1.165, 1.54) is 37.3 Å². The molecule has 1 heterocycles. The van der Waals surface area contributed by atoms with Crippen LogP contribution in [0.5, 0.6) is 0 Å². The Hall–Kier alpha value is -2.89. The van der Waals surface area contributed by atoms with E-state index in [0.717, 1.165) is 0 Å². The van der Waals surface area contributed by atoms with Gasteiger partial charge in [0.25, 0.3) is 0 Å². The number of anilines is 1. The van der Waals surface area contributed by atoms with Crippen LogP contribution < -0.4 is 4.90 Å². The lowest BCUT2D eigenvalue weighted by Gasteiger charge is -2.26. The number of esters is 2. The van der Waals surface area contributed by atoms with Crippen molar-refractivity contribution in [1.29, 1.82) is 0 Å². The zero-order valence-electron chi connectivity index (χ0n) is 13.9. The summed E-state index contributed by atoms with van der Waals surface area (Å²) in [6.45, 7) is 3.45. The summed E-state index contributed by atoms with van der Waals surface area (Å²) in [5.74, 6) is -1.74. The minimum atomic E-state index is -0.699. The largest absolute Gasteiger partial charge is 0.465 e. The van der Waals surface area contributed by atoms with Gasteiger partial charge in [0.2, 0.25) is 0 Å². The average molecular weight is 331 g/mol. The van der Waals surface area contributed by atoms with Crippen LogP contribution in [0.4, 0.5) is 10.1 Å². The van der Waals surface area contributed by atoms with Gasteiger partial charge in [-0.15, -0.1) is 0 Å². The first-order chi connectivity index (χ1) is 11.4. The molecule has 1 aliphatic rings. The van der Waals surface area contributed by atoms with E-state index in [2.05, 4.69) is 0 Å². The third-order valence-corrected chi connectivity index (χ3v) is 3.59. The maximum atomic E-state index is 13.6. The Bertz CT molecular complexity index is 754. The molecule has 0 spiro atoms. The summed E-state index contributed by atoms with van der Waals surface area (Å²) in [5.41, 5.74) is 1.89. The van der Waals surface area contributed by atoms with Crippen molar-refractivity contribution in [1.82, 2.24) is 0 Å². The number of allylic oxidation sites excluding steroid dienone is 2. The van der Waals surface area contributed by atoms with E-state index in [9.17, 15) is 14.0 Å². The summed E-state index contributed by atoms with van der Waals surface area (Å²) in [6, 6.07) is 2.72. The van der Waals surface area contributed by atoms with Crippen molar-refractivity contribution >= 4 is 17.6 Å². The number of aryl methyl sites for hydroxylation is 2. The number of carbonyl (C=O) groups is 2. The highest BCUT2D eigenvalue weighted by Crippen LogP contribution is 2.32. The van der Waals surface area contributed by atoms with Gasteiger partial charge in [-0.2, -0.15) is 0 Å². The van der Waals surface area contributed by atoms with Crippen LogP contribution in [0.25, 0.3) is 0 Å². The Kier molecular flexibility index (Phi) is 5.18. The molecule has 0 N–H and O–H groups in total. The minimum Gasteiger partial charge on any atom is -0.465 e. The Balaban J connectivity index is 2.75. The van der Waals surface area contributed by atoms with Crippen molar-refractivity contribution < 1.29 is 23.5 Å². The molecule has 0 saturated heterocycles. The molecular formula is C18H18FNO4. The fourth-order valence-electron chi connectivity index (χ4n) is 2.62. The molecule has 2 rings (SSSR count). The lowest BCUT2D eigenvalue weighted by Crippen LogP contribution is -2.28. The molecule has 0 atom stereocenters. The maximum absolute atomic E-state index is 13.6. The topological polar surface area (TPSA) is 55.8 Å². The minimum absolute atomic E-state index is 0.00663. The zero-order valence-corrected chi connectivity index (χ0v) is 13.9. The summed E-state index contributed by atoms with van der Waals surface area (Å²) in [7, 11) is 2.46. The lowest BCUT2D eigenvalue weighted by molar-refractivity contribution is -0.139. The van der Waals surface area contributed by atoms with Gasteiger partial charge in [0, 0.05) is 6.20 Å². The molecule has 24 heavy (non-hydrogen) atoms. The molecule has 126 valence electrons. The standard InChI is InChI=1S/C18H18FNO4/c1-11-9-13(19)10-12(2)15(11)20-8-6-5-7-14(17(21)23-3)16(20)18(22)24-4/h5-10H,1-4H3. The number of nitrogens with zero attached hydrogens (tertiary/aromatic N) is 1. The van der Waals surface area contributed by atoms with Gasteiger partial charge in [0.05, 0.1) is 25.5 Å². The summed E-state index contributed by atoms with van der Waals surface area (Å²) >= 11 is 0. The van der Waals surface area contributed by atoms with E-state index >= 15 is 0 Å². The second-order valence-corrected chi connectivity index (χ2v) is 5.20. The first-order valence-corrected chi connectivity index (χ1v) is 7.22. The molecule has 0 aromatic heterocycles. The highest BCUT2D eigenvalue weighted by Gasteiger charge is 2.29. The zero-order chi connectivity index (χ0) is 17.9. The third kappa shape index (κ3) is 3.22. The molecule has 0 bridgehead atoms. The SMILES string of the molecule is COC(=O)C1=C(C(=O)OC)N(c2c(C)cc(F)cc2C)C=CC=C1. The molecule has 0 amide bonds. The van der Waals surface area contributed by atoms with E-state index < -0.39 is 11.9 Å². The predicted molar refractivity (Wildman–Crippen MR) is 87.7 cm³/mol. The molecule has 1 aromatic carbocycles. The number of hydrogen-bond acceptors (Lipinski definition) is 5. The van der Waals surface area contributed by atoms with Crippen LogP contribution in [0, 0.1) is 19.7 Å². The second kappa shape index (κ2) is 7.12. The monoisotopic (exact) mass is 331 g/mol. The van der Waals surface area contributed by atoms with Crippen molar-refractivity contribution in [2.75, 3.05) is 19.1 Å². The fourth-order valence-corrected chi connectivity index (χ4v) is 2.62. The molecule has 1 aromatic rings. The van der Waals surface area contributed by atoms with Gasteiger partial charge >= 0.3 is 11.9 Å². The van der Waals surface area contributed by atoms with Gasteiger partial charge in [0.15, 0.2) is 0 Å². The maximum Gasteiger partial charge on any atom is 0.355 e. The summed E-state index contributed by atoms with van der Waals surface area (Å²) in [6.07, 6.45) is 6.37. The number of carbonyl (C=O) groups excluding carboxylic acids is 2. The van der Waals surface area contributed by atoms with Gasteiger partial charge in [-0.1, -0.05) is 6.08 Å². The van der Waals surface area contributed by atoms with Gasteiger partial charge < -0.3 is 14.4 Å². The van der Waals surface area contributed by atoms with Crippen LogP contribution in [0.1, 0.15) is 11.1 Å². The molecule has 0 fully saturated rings. The molecular weight excluding hydrogens is 313 g/mol. The van der Waals surface area contributed by atoms with Gasteiger partial charge in [-0.25, -0.2) is 14.0 Å². The van der Waals surface area contributed by atoms with E-state index in [1.54, 1.807) is 32.2 Å². The van der Waals surface area contributed by atoms with Crippen molar-refractivity contribution in [3.05, 3.63) is 64.8 Å². The predicted octanol–water partition coefficient (Wildman–Crippen LogP) is 2.93. The van der Waals surface area contributed by atoms with Crippen LogP contribution in [0.2, 0.25) is 0 Å². The Morgan fingerprint density at radius 2 is 1.58 bits per heavy atom. The van der Waals surface area contributed by atoms with Gasteiger partial charge in [-0.05, 0) is 49.3 Å². The fraction of sp³-hybridized carbons (Fsp3) is 0.222. The highest BCUT2D eigenvalue weighted by molar-refractivity contribution is 6.05. The lowest BCUT2D eigenvalue weighted by atomic mass is 10.1. The molecule has 5 nitrogen and oxygen atoms in total. The van der Waals surface area contributed by atoms with Gasteiger partial charge in [0.1, 0.15) is 11.5 Å². The van der Waals surface area contributed by atoms with E-state index in [-0.39, 0.29) is 17.1 Å². The van der Waals surface area contributed by atoms with Gasteiger partial charge in [-0.3, -0.25) is 0 Å². The van der Waals surface area contributed by atoms with Crippen LogP contribution >= 0.6 is 0 Å².